The van der Waals surface area contributed by atoms with Gasteiger partial charge in [0.15, 0.2) is 0 Å². The third kappa shape index (κ3) is 3.73. The van der Waals surface area contributed by atoms with Crippen molar-refractivity contribution in [1.29, 1.82) is 0 Å². The second-order valence-corrected chi connectivity index (χ2v) is 5.96. The number of rotatable bonds is 4. The molecule has 0 aromatic heterocycles. The summed E-state index contributed by atoms with van der Waals surface area (Å²) in [6, 6.07) is 6.26. The van der Waals surface area contributed by atoms with E-state index < -0.39 is 0 Å². The summed E-state index contributed by atoms with van der Waals surface area (Å²) in [5.41, 5.74) is 2.35. The molecule has 0 saturated heterocycles. The first-order chi connectivity index (χ1) is 9.10. The van der Waals surface area contributed by atoms with E-state index in [1.165, 1.54) is 18.4 Å². The maximum absolute atomic E-state index is 10.2. The first kappa shape index (κ1) is 14.4. The first-order valence-corrected chi connectivity index (χ1v) is 7.52. The maximum Gasteiger partial charge on any atom is 0.125 e. The van der Waals surface area contributed by atoms with Gasteiger partial charge >= 0.3 is 0 Å². The average molecular weight is 262 g/mol. The van der Waals surface area contributed by atoms with Crippen LogP contribution in [-0.2, 0) is 0 Å². The van der Waals surface area contributed by atoms with E-state index in [1.54, 1.807) is 0 Å². The normalized spacial score (nSPS) is 27.3. The van der Waals surface area contributed by atoms with Crippen molar-refractivity contribution in [3.8, 4) is 5.75 Å². The lowest BCUT2D eigenvalue weighted by Gasteiger charge is -2.33. The van der Waals surface area contributed by atoms with Crippen molar-refractivity contribution in [1.82, 2.24) is 0 Å². The number of ether oxygens (including phenoxy) is 1. The molecular weight excluding hydrogens is 236 g/mol. The Morgan fingerprint density at radius 2 is 2.05 bits per heavy atom. The molecule has 1 saturated carbocycles. The van der Waals surface area contributed by atoms with Crippen LogP contribution in [-0.4, -0.2) is 17.3 Å². The minimum absolute atomic E-state index is 0.0363. The third-order valence-corrected chi connectivity index (χ3v) is 4.18. The van der Waals surface area contributed by atoms with Gasteiger partial charge in [0.1, 0.15) is 11.9 Å². The molecule has 1 aromatic rings. The Morgan fingerprint density at radius 3 is 2.79 bits per heavy atom. The molecule has 1 N–H and O–H groups in total. The fraction of sp³-hybridized carbons (Fsp3) is 0.647. The van der Waals surface area contributed by atoms with Gasteiger partial charge in [-0.05, 0) is 56.2 Å². The van der Waals surface area contributed by atoms with E-state index in [1.807, 2.05) is 0 Å². The molecule has 1 aromatic carbocycles. The molecule has 0 radical (unpaired) electrons. The Hall–Kier alpha value is -1.02. The highest BCUT2D eigenvalue weighted by Crippen LogP contribution is 2.32. The summed E-state index contributed by atoms with van der Waals surface area (Å²) in [4.78, 5) is 0. The van der Waals surface area contributed by atoms with E-state index in [0.29, 0.717) is 5.92 Å². The van der Waals surface area contributed by atoms with Gasteiger partial charge in [0.05, 0.1) is 6.10 Å². The summed E-state index contributed by atoms with van der Waals surface area (Å²) >= 11 is 0. The van der Waals surface area contributed by atoms with Crippen molar-refractivity contribution in [3.63, 3.8) is 0 Å². The van der Waals surface area contributed by atoms with Crippen LogP contribution in [0.5, 0.6) is 5.75 Å². The fourth-order valence-corrected chi connectivity index (χ4v) is 2.99. The van der Waals surface area contributed by atoms with Crippen LogP contribution in [0.2, 0.25) is 0 Å². The van der Waals surface area contributed by atoms with Crippen LogP contribution in [0.15, 0.2) is 18.2 Å². The van der Waals surface area contributed by atoms with Crippen LogP contribution < -0.4 is 4.74 Å². The lowest BCUT2D eigenvalue weighted by Crippen LogP contribution is -2.38. The van der Waals surface area contributed by atoms with Gasteiger partial charge in [-0.1, -0.05) is 31.9 Å². The molecule has 1 aliphatic carbocycles. The summed E-state index contributed by atoms with van der Waals surface area (Å²) in [7, 11) is 0. The van der Waals surface area contributed by atoms with Crippen molar-refractivity contribution in [2.24, 2.45) is 5.92 Å². The zero-order chi connectivity index (χ0) is 13.8. The van der Waals surface area contributed by atoms with Gasteiger partial charge in [-0.3, -0.25) is 0 Å². The number of aryl methyl sites for hydroxylation is 2. The van der Waals surface area contributed by atoms with Gasteiger partial charge in [0, 0.05) is 0 Å². The van der Waals surface area contributed by atoms with Crippen molar-refractivity contribution < 1.29 is 9.84 Å². The SMILES string of the molecule is CCCC1CCC(O)C(Oc2cc(C)ccc2C)C1. The lowest BCUT2D eigenvalue weighted by molar-refractivity contribution is -0.0120. The number of aliphatic hydroxyl groups excluding tert-OH is 1. The summed E-state index contributed by atoms with van der Waals surface area (Å²) in [5.74, 6) is 1.64. The van der Waals surface area contributed by atoms with E-state index in [4.69, 9.17) is 4.74 Å². The second kappa shape index (κ2) is 6.42. The highest BCUT2D eigenvalue weighted by Gasteiger charge is 2.30. The molecule has 0 heterocycles. The highest BCUT2D eigenvalue weighted by atomic mass is 16.5. The summed E-state index contributed by atoms with van der Waals surface area (Å²) in [6.07, 6.45) is 5.12. The van der Waals surface area contributed by atoms with E-state index in [9.17, 15) is 5.11 Å². The Labute approximate surface area is 116 Å². The molecule has 106 valence electrons. The Kier molecular flexibility index (Phi) is 4.87. The largest absolute Gasteiger partial charge is 0.487 e. The summed E-state index contributed by atoms with van der Waals surface area (Å²) in [5, 5.41) is 10.2. The Balaban J connectivity index is 2.05. The smallest absolute Gasteiger partial charge is 0.125 e. The molecule has 0 spiro atoms. The topological polar surface area (TPSA) is 29.5 Å². The third-order valence-electron chi connectivity index (χ3n) is 4.18. The van der Waals surface area contributed by atoms with Crippen molar-refractivity contribution >= 4 is 0 Å². The van der Waals surface area contributed by atoms with Crippen LogP contribution in [0, 0.1) is 19.8 Å². The summed E-state index contributed by atoms with van der Waals surface area (Å²) < 4.78 is 6.11. The zero-order valence-corrected chi connectivity index (χ0v) is 12.4. The number of aliphatic hydroxyl groups is 1. The van der Waals surface area contributed by atoms with Crippen LogP contribution in [0.3, 0.4) is 0 Å². The number of hydrogen-bond acceptors (Lipinski definition) is 2. The lowest BCUT2D eigenvalue weighted by atomic mass is 9.83. The molecule has 0 aliphatic heterocycles. The van der Waals surface area contributed by atoms with Gasteiger partial charge < -0.3 is 9.84 Å². The molecule has 2 nitrogen and oxygen atoms in total. The van der Waals surface area contributed by atoms with Crippen LogP contribution >= 0.6 is 0 Å². The van der Waals surface area contributed by atoms with Gasteiger partial charge in [-0.25, -0.2) is 0 Å². The molecule has 3 atom stereocenters. The predicted octanol–water partition coefficient (Wildman–Crippen LogP) is 4.01. The van der Waals surface area contributed by atoms with Crippen LogP contribution in [0.1, 0.15) is 50.2 Å². The van der Waals surface area contributed by atoms with Crippen molar-refractivity contribution in [2.75, 3.05) is 0 Å². The second-order valence-electron chi connectivity index (χ2n) is 5.96. The molecule has 1 aliphatic rings. The molecule has 2 heteroatoms. The molecule has 1 fully saturated rings. The Morgan fingerprint density at radius 1 is 1.26 bits per heavy atom. The number of benzene rings is 1. The van der Waals surface area contributed by atoms with E-state index in [-0.39, 0.29) is 12.2 Å². The first-order valence-electron chi connectivity index (χ1n) is 7.52. The van der Waals surface area contributed by atoms with Crippen molar-refractivity contribution in [2.45, 2.75) is 65.1 Å². The minimum atomic E-state index is -0.312. The monoisotopic (exact) mass is 262 g/mol. The van der Waals surface area contributed by atoms with E-state index >= 15 is 0 Å². The quantitative estimate of drug-likeness (QED) is 0.888. The summed E-state index contributed by atoms with van der Waals surface area (Å²) in [6.45, 7) is 6.36. The average Bonchev–Trinajstić information content (AvgIpc) is 2.38. The highest BCUT2D eigenvalue weighted by molar-refractivity contribution is 5.36. The molecule has 0 amide bonds. The van der Waals surface area contributed by atoms with E-state index in [0.717, 1.165) is 30.6 Å². The van der Waals surface area contributed by atoms with Gasteiger partial charge in [-0.15, -0.1) is 0 Å². The zero-order valence-electron chi connectivity index (χ0n) is 12.4. The van der Waals surface area contributed by atoms with Gasteiger partial charge in [-0.2, -0.15) is 0 Å². The minimum Gasteiger partial charge on any atom is -0.487 e. The molecule has 0 bridgehead atoms. The maximum atomic E-state index is 10.2. The van der Waals surface area contributed by atoms with Crippen LogP contribution in [0.4, 0.5) is 0 Å². The molecular formula is C17H26O2. The van der Waals surface area contributed by atoms with Crippen LogP contribution in [0.25, 0.3) is 0 Å². The molecule has 19 heavy (non-hydrogen) atoms. The molecule has 3 unspecified atom stereocenters. The number of hydrogen-bond donors (Lipinski definition) is 1. The van der Waals surface area contributed by atoms with Crippen molar-refractivity contribution in [3.05, 3.63) is 29.3 Å². The molecule has 2 rings (SSSR count). The van der Waals surface area contributed by atoms with Gasteiger partial charge in [0.2, 0.25) is 0 Å². The Bertz CT molecular complexity index is 414. The van der Waals surface area contributed by atoms with Gasteiger partial charge in [0.25, 0.3) is 0 Å². The predicted molar refractivity (Wildman–Crippen MR) is 78.6 cm³/mol. The fourth-order valence-electron chi connectivity index (χ4n) is 2.99. The van der Waals surface area contributed by atoms with E-state index in [2.05, 4.69) is 39.0 Å². The standard InChI is InChI=1S/C17H26O2/c1-4-5-14-8-9-15(18)17(11-14)19-16-10-12(2)6-7-13(16)3/h6-7,10,14-15,17-18H,4-5,8-9,11H2,1-3H3.